The molecule has 0 N–H and O–H groups in total. The van der Waals surface area contributed by atoms with Crippen LogP contribution in [0.2, 0.25) is 5.02 Å². The summed E-state index contributed by atoms with van der Waals surface area (Å²) in [6, 6.07) is 7.91. The molecule has 0 radical (unpaired) electrons. The van der Waals surface area contributed by atoms with Crippen molar-refractivity contribution in [3.8, 4) is 0 Å². The van der Waals surface area contributed by atoms with Gasteiger partial charge >= 0.3 is 0 Å². The van der Waals surface area contributed by atoms with E-state index in [0.29, 0.717) is 5.92 Å². The van der Waals surface area contributed by atoms with Crippen molar-refractivity contribution in [3.05, 3.63) is 45.9 Å². The summed E-state index contributed by atoms with van der Waals surface area (Å²) in [5, 5.41) is 0.777. The van der Waals surface area contributed by atoms with Gasteiger partial charge in [-0.2, -0.15) is 0 Å². The molecule has 0 saturated carbocycles. The minimum Gasteiger partial charge on any atom is -0.0882 e. The van der Waals surface area contributed by atoms with Gasteiger partial charge in [0.2, 0.25) is 0 Å². The second-order valence-electron chi connectivity index (χ2n) is 2.96. The lowest BCUT2D eigenvalue weighted by Gasteiger charge is -2.13. The summed E-state index contributed by atoms with van der Waals surface area (Å²) in [5.41, 5.74) is 1.26. The number of benzene rings is 1. The normalized spacial score (nSPS) is 12.5. The zero-order chi connectivity index (χ0) is 9.84. The lowest BCUT2D eigenvalue weighted by Crippen LogP contribution is -1.95. The van der Waals surface area contributed by atoms with Gasteiger partial charge in [0.1, 0.15) is 0 Å². The Morgan fingerprint density at radius 1 is 1.46 bits per heavy atom. The van der Waals surface area contributed by atoms with E-state index in [0.717, 1.165) is 15.9 Å². The maximum atomic E-state index is 5.80. The predicted molar refractivity (Wildman–Crippen MR) is 62.6 cm³/mol. The van der Waals surface area contributed by atoms with Gasteiger partial charge in [-0.1, -0.05) is 53.2 Å². The topological polar surface area (TPSA) is 0 Å². The van der Waals surface area contributed by atoms with E-state index in [2.05, 4.69) is 29.4 Å². The highest BCUT2D eigenvalue weighted by Crippen LogP contribution is 2.30. The number of halogens is 2. The molecule has 0 aliphatic rings. The lowest BCUT2D eigenvalue weighted by atomic mass is 9.97. The standard InChI is InChI=1S/C11H12BrCl/c1-3-11(8(2)12)9-4-6-10(13)7-5-9/h4-7,11H,2-3H2,1H3/t11-/m0/s1. The van der Waals surface area contributed by atoms with Crippen molar-refractivity contribution in [2.45, 2.75) is 19.3 Å². The molecular formula is C11H12BrCl. The number of hydrogen-bond donors (Lipinski definition) is 0. The molecule has 70 valence electrons. The molecule has 0 fully saturated rings. The Balaban J connectivity index is 2.92. The molecule has 1 aromatic carbocycles. The van der Waals surface area contributed by atoms with Crippen LogP contribution in [0.25, 0.3) is 0 Å². The van der Waals surface area contributed by atoms with Gasteiger partial charge in [0, 0.05) is 10.9 Å². The largest absolute Gasteiger partial charge is 0.0882 e. The van der Waals surface area contributed by atoms with E-state index in [-0.39, 0.29) is 0 Å². The third-order valence-electron chi connectivity index (χ3n) is 2.06. The molecule has 1 rings (SSSR count). The average Bonchev–Trinajstić information content (AvgIpc) is 2.09. The van der Waals surface area contributed by atoms with Crippen LogP contribution >= 0.6 is 27.5 Å². The van der Waals surface area contributed by atoms with Crippen molar-refractivity contribution in [1.29, 1.82) is 0 Å². The summed E-state index contributed by atoms with van der Waals surface area (Å²) in [5.74, 6) is 0.386. The van der Waals surface area contributed by atoms with Crippen molar-refractivity contribution in [1.82, 2.24) is 0 Å². The molecule has 13 heavy (non-hydrogen) atoms. The molecule has 2 heteroatoms. The van der Waals surface area contributed by atoms with Crippen molar-refractivity contribution in [2.24, 2.45) is 0 Å². The third-order valence-corrected chi connectivity index (χ3v) is 2.86. The fourth-order valence-corrected chi connectivity index (χ4v) is 2.05. The van der Waals surface area contributed by atoms with Gasteiger partial charge in [0.05, 0.1) is 0 Å². The maximum Gasteiger partial charge on any atom is 0.0406 e. The summed E-state index contributed by atoms with van der Waals surface area (Å²) in [7, 11) is 0. The Bertz CT molecular complexity index is 289. The molecular weight excluding hydrogens is 247 g/mol. The van der Waals surface area contributed by atoms with Crippen LogP contribution in [0.3, 0.4) is 0 Å². The summed E-state index contributed by atoms with van der Waals surface area (Å²) < 4.78 is 1.03. The lowest BCUT2D eigenvalue weighted by molar-refractivity contribution is 0.799. The number of allylic oxidation sites excluding steroid dienone is 1. The van der Waals surface area contributed by atoms with E-state index >= 15 is 0 Å². The first kappa shape index (κ1) is 10.8. The summed E-state index contributed by atoms with van der Waals surface area (Å²) in [6.45, 7) is 6.05. The predicted octanol–water partition coefficient (Wildman–Crippen LogP) is 4.74. The Morgan fingerprint density at radius 2 is 2.00 bits per heavy atom. The van der Waals surface area contributed by atoms with E-state index in [1.54, 1.807) is 0 Å². The molecule has 0 saturated heterocycles. The van der Waals surface area contributed by atoms with Crippen LogP contribution in [0.5, 0.6) is 0 Å². The van der Waals surface area contributed by atoms with Gasteiger partial charge < -0.3 is 0 Å². The molecule has 0 aliphatic carbocycles. The highest BCUT2D eigenvalue weighted by molar-refractivity contribution is 9.11. The molecule has 0 spiro atoms. The van der Waals surface area contributed by atoms with Crippen molar-refractivity contribution < 1.29 is 0 Å². The molecule has 0 bridgehead atoms. The van der Waals surface area contributed by atoms with Gasteiger partial charge in [-0.15, -0.1) is 0 Å². The molecule has 0 aliphatic heterocycles. The molecule has 1 aromatic rings. The Morgan fingerprint density at radius 3 is 2.38 bits per heavy atom. The van der Waals surface area contributed by atoms with Crippen LogP contribution < -0.4 is 0 Å². The second kappa shape index (κ2) is 4.83. The highest BCUT2D eigenvalue weighted by Gasteiger charge is 2.10. The average molecular weight is 260 g/mol. The monoisotopic (exact) mass is 258 g/mol. The van der Waals surface area contributed by atoms with Crippen molar-refractivity contribution >= 4 is 27.5 Å². The van der Waals surface area contributed by atoms with E-state index < -0.39 is 0 Å². The second-order valence-corrected chi connectivity index (χ2v) is 4.41. The minimum absolute atomic E-state index is 0.386. The Hall–Kier alpha value is -0.270. The van der Waals surface area contributed by atoms with E-state index in [9.17, 15) is 0 Å². The van der Waals surface area contributed by atoms with Gasteiger partial charge in [-0.3, -0.25) is 0 Å². The quantitative estimate of drug-likeness (QED) is 0.735. The van der Waals surface area contributed by atoms with E-state index in [4.69, 9.17) is 11.6 Å². The van der Waals surface area contributed by atoms with Crippen LogP contribution in [0, 0.1) is 0 Å². The smallest absolute Gasteiger partial charge is 0.0406 e. The first-order chi connectivity index (χ1) is 6.15. The SMILES string of the molecule is C=C(Br)[C@H](CC)c1ccc(Cl)cc1. The van der Waals surface area contributed by atoms with Gasteiger partial charge in [0.25, 0.3) is 0 Å². The fraction of sp³-hybridized carbons (Fsp3) is 0.273. The Labute approximate surface area is 92.7 Å². The minimum atomic E-state index is 0.386. The van der Waals surface area contributed by atoms with Crippen LogP contribution in [-0.2, 0) is 0 Å². The first-order valence-electron chi connectivity index (χ1n) is 4.25. The van der Waals surface area contributed by atoms with E-state index in [1.165, 1.54) is 5.56 Å². The summed E-state index contributed by atoms with van der Waals surface area (Å²) in [4.78, 5) is 0. The zero-order valence-corrected chi connectivity index (χ0v) is 9.90. The van der Waals surface area contributed by atoms with Crippen LogP contribution in [-0.4, -0.2) is 0 Å². The Kier molecular flexibility index (Phi) is 4.01. The molecule has 0 heterocycles. The highest BCUT2D eigenvalue weighted by atomic mass is 79.9. The van der Waals surface area contributed by atoms with Crippen molar-refractivity contribution in [3.63, 3.8) is 0 Å². The zero-order valence-electron chi connectivity index (χ0n) is 7.56. The molecule has 0 nitrogen and oxygen atoms in total. The first-order valence-corrected chi connectivity index (χ1v) is 5.42. The van der Waals surface area contributed by atoms with Crippen LogP contribution in [0.1, 0.15) is 24.8 Å². The van der Waals surface area contributed by atoms with Gasteiger partial charge in [0.15, 0.2) is 0 Å². The van der Waals surface area contributed by atoms with Crippen LogP contribution in [0.4, 0.5) is 0 Å². The molecule has 1 atom stereocenters. The van der Waals surface area contributed by atoms with E-state index in [1.807, 2.05) is 24.3 Å². The van der Waals surface area contributed by atoms with Gasteiger partial charge in [-0.25, -0.2) is 0 Å². The number of rotatable bonds is 3. The van der Waals surface area contributed by atoms with Crippen LogP contribution in [0.15, 0.2) is 35.3 Å². The van der Waals surface area contributed by atoms with Gasteiger partial charge in [-0.05, 0) is 28.6 Å². The fourth-order valence-electron chi connectivity index (χ4n) is 1.33. The number of hydrogen-bond acceptors (Lipinski definition) is 0. The maximum absolute atomic E-state index is 5.80. The third kappa shape index (κ3) is 2.85. The molecule has 0 amide bonds. The summed E-state index contributed by atoms with van der Waals surface area (Å²) >= 11 is 9.23. The summed E-state index contributed by atoms with van der Waals surface area (Å²) in [6.07, 6.45) is 1.05. The van der Waals surface area contributed by atoms with Crippen molar-refractivity contribution in [2.75, 3.05) is 0 Å². The molecule has 0 aromatic heterocycles. The molecule has 0 unspecified atom stereocenters.